The maximum atomic E-state index is 9.17. The first-order chi connectivity index (χ1) is 5.66. The molecule has 0 aromatic carbocycles. The van der Waals surface area contributed by atoms with Crippen molar-refractivity contribution in [2.75, 3.05) is 19.7 Å². The van der Waals surface area contributed by atoms with Crippen LogP contribution in [-0.4, -0.2) is 47.8 Å². The highest BCUT2D eigenvalue weighted by Gasteiger charge is 2.52. The van der Waals surface area contributed by atoms with Gasteiger partial charge in [-0.05, 0) is 13.8 Å². The number of rotatable bonds is 1. The van der Waals surface area contributed by atoms with E-state index in [1.54, 1.807) is 0 Å². The standard InChI is InChI=1S/C8H15NO3/c1-6-3-9-4-7(2)12-8(9,5-10)11-6/h6-7,10H,3-5H2,1-2H3. The van der Waals surface area contributed by atoms with Crippen molar-refractivity contribution >= 4 is 0 Å². The molecule has 0 spiro atoms. The Labute approximate surface area is 72.1 Å². The number of fused-ring (bicyclic) bond motifs is 1. The Hall–Kier alpha value is -0.160. The van der Waals surface area contributed by atoms with Crippen LogP contribution in [0.3, 0.4) is 0 Å². The number of aliphatic hydroxyl groups excluding tert-OH is 1. The van der Waals surface area contributed by atoms with Crippen LogP contribution in [0.15, 0.2) is 0 Å². The maximum absolute atomic E-state index is 9.17. The second-order valence-corrected chi connectivity index (χ2v) is 3.63. The number of ether oxygens (including phenoxy) is 2. The van der Waals surface area contributed by atoms with Gasteiger partial charge in [0.2, 0.25) is 0 Å². The molecule has 1 N–H and O–H groups in total. The zero-order valence-corrected chi connectivity index (χ0v) is 7.49. The van der Waals surface area contributed by atoms with Crippen LogP contribution in [0.2, 0.25) is 0 Å². The summed E-state index contributed by atoms with van der Waals surface area (Å²) in [4.78, 5) is 2.06. The molecule has 0 bridgehead atoms. The first-order valence-electron chi connectivity index (χ1n) is 4.38. The summed E-state index contributed by atoms with van der Waals surface area (Å²) in [7, 11) is 0. The van der Waals surface area contributed by atoms with E-state index in [1.807, 2.05) is 13.8 Å². The van der Waals surface area contributed by atoms with Gasteiger partial charge < -0.3 is 14.6 Å². The van der Waals surface area contributed by atoms with Crippen molar-refractivity contribution in [3.05, 3.63) is 0 Å². The summed E-state index contributed by atoms with van der Waals surface area (Å²) in [6, 6.07) is 0. The van der Waals surface area contributed by atoms with E-state index in [2.05, 4.69) is 4.90 Å². The van der Waals surface area contributed by atoms with Crippen LogP contribution in [-0.2, 0) is 9.47 Å². The molecule has 4 nitrogen and oxygen atoms in total. The number of hydrogen-bond donors (Lipinski definition) is 1. The summed E-state index contributed by atoms with van der Waals surface area (Å²) in [5.74, 6) is -0.821. The molecule has 2 atom stereocenters. The van der Waals surface area contributed by atoms with Crippen molar-refractivity contribution in [1.29, 1.82) is 0 Å². The number of hydrogen-bond acceptors (Lipinski definition) is 4. The van der Waals surface area contributed by atoms with Crippen molar-refractivity contribution in [2.45, 2.75) is 32.0 Å². The van der Waals surface area contributed by atoms with Crippen LogP contribution in [0.5, 0.6) is 0 Å². The predicted molar refractivity (Wildman–Crippen MR) is 42.5 cm³/mol. The molecule has 2 fully saturated rings. The molecule has 2 saturated heterocycles. The third kappa shape index (κ3) is 1.07. The lowest BCUT2D eigenvalue weighted by Crippen LogP contribution is -2.44. The predicted octanol–water partition coefficient (Wildman–Crippen LogP) is -0.228. The molecule has 0 aliphatic carbocycles. The first kappa shape index (κ1) is 8.44. The highest BCUT2D eigenvalue weighted by molar-refractivity contribution is 4.88. The average Bonchev–Trinajstić information content (AvgIpc) is 2.40. The highest BCUT2D eigenvalue weighted by Crippen LogP contribution is 2.34. The van der Waals surface area contributed by atoms with Crippen molar-refractivity contribution in [3.63, 3.8) is 0 Å². The molecule has 0 amide bonds. The van der Waals surface area contributed by atoms with Gasteiger partial charge in [-0.25, -0.2) is 4.90 Å². The molecule has 2 aliphatic heterocycles. The Morgan fingerprint density at radius 3 is 2.17 bits per heavy atom. The molecule has 2 heterocycles. The largest absolute Gasteiger partial charge is 0.389 e. The van der Waals surface area contributed by atoms with Gasteiger partial charge in [0.25, 0.3) is 5.91 Å². The maximum Gasteiger partial charge on any atom is 0.255 e. The Morgan fingerprint density at radius 1 is 1.33 bits per heavy atom. The molecular formula is C8H15NO3. The molecule has 2 aliphatic rings. The molecule has 0 radical (unpaired) electrons. The number of nitrogens with zero attached hydrogens (tertiary/aromatic N) is 1. The van der Waals surface area contributed by atoms with E-state index < -0.39 is 5.91 Å². The summed E-state index contributed by atoms with van der Waals surface area (Å²) < 4.78 is 11.1. The fraction of sp³-hybridized carbons (Fsp3) is 1.00. The lowest BCUT2D eigenvalue weighted by Gasteiger charge is -2.26. The van der Waals surface area contributed by atoms with Crippen LogP contribution >= 0.6 is 0 Å². The normalized spacial score (nSPS) is 48.2. The molecule has 2 rings (SSSR count). The van der Waals surface area contributed by atoms with Gasteiger partial charge >= 0.3 is 0 Å². The Bertz CT molecular complexity index is 171. The first-order valence-corrected chi connectivity index (χ1v) is 4.38. The van der Waals surface area contributed by atoms with Crippen molar-refractivity contribution in [2.24, 2.45) is 0 Å². The fourth-order valence-corrected chi connectivity index (χ4v) is 2.03. The molecular weight excluding hydrogens is 158 g/mol. The Morgan fingerprint density at radius 2 is 1.83 bits per heavy atom. The molecule has 70 valence electrons. The minimum Gasteiger partial charge on any atom is -0.389 e. The van der Waals surface area contributed by atoms with E-state index in [-0.39, 0.29) is 18.8 Å². The average molecular weight is 173 g/mol. The van der Waals surface area contributed by atoms with E-state index in [0.29, 0.717) is 0 Å². The van der Waals surface area contributed by atoms with Crippen LogP contribution in [0.25, 0.3) is 0 Å². The molecule has 0 aromatic heterocycles. The van der Waals surface area contributed by atoms with Crippen LogP contribution in [0.1, 0.15) is 13.8 Å². The number of aliphatic hydroxyl groups is 1. The SMILES string of the molecule is CC1CN2CC(C)OC2(CO)O1. The van der Waals surface area contributed by atoms with Gasteiger partial charge in [-0.2, -0.15) is 0 Å². The van der Waals surface area contributed by atoms with Gasteiger partial charge in [0, 0.05) is 13.1 Å². The van der Waals surface area contributed by atoms with Gasteiger partial charge in [0.1, 0.15) is 6.61 Å². The van der Waals surface area contributed by atoms with Crippen molar-refractivity contribution in [1.82, 2.24) is 4.90 Å². The van der Waals surface area contributed by atoms with Crippen LogP contribution < -0.4 is 0 Å². The van der Waals surface area contributed by atoms with E-state index in [4.69, 9.17) is 9.47 Å². The Balaban J connectivity index is 2.16. The molecule has 4 heteroatoms. The van der Waals surface area contributed by atoms with Gasteiger partial charge in [-0.15, -0.1) is 0 Å². The smallest absolute Gasteiger partial charge is 0.255 e. The van der Waals surface area contributed by atoms with Crippen LogP contribution in [0, 0.1) is 0 Å². The monoisotopic (exact) mass is 173 g/mol. The quantitative estimate of drug-likeness (QED) is 0.595. The fourth-order valence-electron chi connectivity index (χ4n) is 2.03. The third-order valence-corrected chi connectivity index (χ3v) is 2.41. The molecule has 12 heavy (non-hydrogen) atoms. The van der Waals surface area contributed by atoms with Gasteiger partial charge in [0.15, 0.2) is 0 Å². The van der Waals surface area contributed by atoms with E-state index in [9.17, 15) is 5.11 Å². The summed E-state index contributed by atoms with van der Waals surface area (Å²) in [6.45, 7) is 5.60. The lowest BCUT2D eigenvalue weighted by atomic mass is 10.3. The van der Waals surface area contributed by atoms with Gasteiger partial charge in [-0.1, -0.05) is 0 Å². The van der Waals surface area contributed by atoms with E-state index in [0.717, 1.165) is 13.1 Å². The Kier molecular flexibility index (Phi) is 1.88. The summed E-state index contributed by atoms with van der Waals surface area (Å²) in [5, 5.41) is 9.17. The minimum absolute atomic E-state index is 0.0817. The molecule has 2 unspecified atom stereocenters. The zero-order valence-electron chi connectivity index (χ0n) is 7.49. The molecule has 0 aromatic rings. The lowest BCUT2D eigenvalue weighted by molar-refractivity contribution is -0.270. The second kappa shape index (κ2) is 2.67. The van der Waals surface area contributed by atoms with E-state index in [1.165, 1.54) is 0 Å². The highest BCUT2D eigenvalue weighted by atomic mass is 16.8. The van der Waals surface area contributed by atoms with Crippen molar-refractivity contribution < 1.29 is 14.6 Å². The molecule has 0 saturated carbocycles. The minimum atomic E-state index is -0.821. The van der Waals surface area contributed by atoms with Crippen LogP contribution in [0.4, 0.5) is 0 Å². The summed E-state index contributed by atoms with van der Waals surface area (Å²) in [5.41, 5.74) is 0. The zero-order chi connectivity index (χ0) is 8.77. The summed E-state index contributed by atoms with van der Waals surface area (Å²) in [6.07, 6.45) is 0.314. The second-order valence-electron chi connectivity index (χ2n) is 3.63. The van der Waals surface area contributed by atoms with Gasteiger partial charge in [-0.3, -0.25) is 0 Å². The summed E-state index contributed by atoms with van der Waals surface area (Å²) >= 11 is 0. The van der Waals surface area contributed by atoms with E-state index >= 15 is 0 Å². The van der Waals surface area contributed by atoms with Gasteiger partial charge in [0.05, 0.1) is 12.2 Å². The van der Waals surface area contributed by atoms with Crippen molar-refractivity contribution in [3.8, 4) is 0 Å². The third-order valence-electron chi connectivity index (χ3n) is 2.41. The topological polar surface area (TPSA) is 41.9 Å².